The van der Waals surface area contributed by atoms with E-state index in [1.807, 2.05) is 0 Å². The first-order valence-electron chi connectivity index (χ1n) is 4.26. The number of hydrogen-bond acceptors (Lipinski definition) is 3. The Balaban J connectivity index is 2.73. The van der Waals surface area contributed by atoms with Crippen LogP contribution in [0.15, 0.2) is 18.2 Å². The highest BCUT2D eigenvalue weighted by atomic mass is 19.1. The molecule has 0 heterocycles. The number of benzene rings is 1. The molecule has 4 nitrogen and oxygen atoms in total. The maximum Gasteiger partial charge on any atom is 0.412 e. The van der Waals surface area contributed by atoms with Gasteiger partial charge in [0.05, 0.1) is 12.8 Å². The first-order valence-corrected chi connectivity index (χ1v) is 4.26. The van der Waals surface area contributed by atoms with Crippen molar-refractivity contribution >= 4 is 11.8 Å². The number of nitrogens with one attached hydrogen (secondary N) is 1. The van der Waals surface area contributed by atoms with E-state index in [2.05, 4.69) is 10.1 Å². The van der Waals surface area contributed by atoms with E-state index in [1.165, 1.54) is 31.9 Å². The number of carbonyl (C=O) groups is 1. The molecule has 0 bridgehead atoms. The third-order valence-corrected chi connectivity index (χ3v) is 1.64. The molecule has 0 saturated carbocycles. The van der Waals surface area contributed by atoms with E-state index >= 15 is 0 Å². The number of anilines is 1. The molecule has 5 heteroatoms. The van der Waals surface area contributed by atoms with Gasteiger partial charge in [-0.3, -0.25) is 5.32 Å². The molecule has 1 amide bonds. The van der Waals surface area contributed by atoms with Crippen LogP contribution in [0.2, 0.25) is 0 Å². The van der Waals surface area contributed by atoms with E-state index in [4.69, 9.17) is 4.74 Å². The topological polar surface area (TPSA) is 47.6 Å². The summed E-state index contributed by atoms with van der Waals surface area (Å²) in [4.78, 5) is 11.0. The van der Waals surface area contributed by atoms with E-state index in [0.29, 0.717) is 5.75 Å². The average Bonchev–Trinajstić information content (AvgIpc) is 2.21. The minimum atomic E-state index is -0.735. The van der Waals surface area contributed by atoms with Crippen molar-refractivity contribution in [2.24, 2.45) is 0 Å². The Bertz CT molecular complexity index is 355. The number of methoxy groups -OCH3 is 1. The number of halogens is 1. The van der Waals surface area contributed by atoms with Crippen LogP contribution in [0.1, 0.15) is 6.92 Å². The molecule has 0 aliphatic carbocycles. The number of hydrogen-bond donors (Lipinski definition) is 1. The smallest absolute Gasteiger partial charge is 0.412 e. The highest BCUT2D eigenvalue weighted by Crippen LogP contribution is 2.20. The van der Waals surface area contributed by atoms with Gasteiger partial charge in [0.1, 0.15) is 12.4 Å². The van der Waals surface area contributed by atoms with Crippen molar-refractivity contribution in [2.75, 3.05) is 12.4 Å². The Morgan fingerprint density at radius 1 is 1.53 bits per heavy atom. The number of rotatable bonds is 3. The van der Waals surface area contributed by atoms with Crippen molar-refractivity contribution in [2.45, 2.75) is 6.92 Å². The van der Waals surface area contributed by atoms with Crippen LogP contribution in [0.5, 0.6) is 5.75 Å². The Morgan fingerprint density at radius 3 is 2.80 bits per heavy atom. The molecule has 0 fully saturated rings. The Morgan fingerprint density at radius 2 is 2.27 bits per heavy atom. The van der Waals surface area contributed by atoms with E-state index in [-0.39, 0.29) is 5.69 Å². The maximum atomic E-state index is 13.3. The lowest BCUT2D eigenvalue weighted by Gasteiger charge is -2.07. The SMILES string of the molecule is C[CH]OC(=O)Nc1ccc(OC)cc1F. The second-order valence-corrected chi connectivity index (χ2v) is 2.61. The van der Waals surface area contributed by atoms with Gasteiger partial charge < -0.3 is 9.47 Å². The number of ether oxygens (including phenoxy) is 2. The van der Waals surface area contributed by atoms with Crippen LogP contribution in [-0.4, -0.2) is 13.2 Å². The van der Waals surface area contributed by atoms with Crippen molar-refractivity contribution < 1.29 is 18.7 Å². The summed E-state index contributed by atoms with van der Waals surface area (Å²) >= 11 is 0. The van der Waals surface area contributed by atoms with E-state index in [9.17, 15) is 9.18 Å². The Hall–Kier alpha value is -1.78. The minimum absolute atomic E-state index is 0.0441. The van der Waals surface area contributed by atoms with Crippen molar-refractivity contribution in [3.63, 3.8) is 0 Å². The van der Waals surface area contributed by atoms with Crippen LogP contribution < -0.4 is 10.1 Å². The summed E-state index contributed by atoms with van der Waals surface area (Å²) in [5.41, 5.74) is 0.0441. The summed E-state index contributed by atoms with van der Waals surface area (Å²) in [6.45, 7) is 2.75. The first kappa shape index (κ1) is 11.3. The molecule has 1 rings (SSSR count). The molecule has 1 radical (unpaired) electrons. The lowest BCUT2D eigenvalue weighted by Crippen LogP contribution is -2.12. The van der Waals surface area contributed by atoms with Crippen LogP contribution in [0.3, 0.4) is 0 Å². The molecular weight excluding hydrogens is 201 g/mol. The molecule has 1 aromatic carbocycles. The molecule has 1 N–H and O–H groups in total. The number of carbonyl (C=O) groups excluding carboxylic acids is 1. The van der Waals surface area contributed by atoms with Crippen LogP contribution in [0, 0.1) is 12.4 Å². The zero-order chi connectivity index (χ0) is 11.3. The number of amides is 1. The molecule has 81 valence electrons. The fourth-order valence-corrected chi connectivity index (χ4v) is 0.971. The van der Waals surface area contributed by atoms with Gasteiger partial charge >= 0.3 is 6.09 Å². The summed E-state index contributed by atoms with van der Waals surface area (Å²) in [6, 6.07) is 4.10. The van der Waals surface area contributed by atoms with Gasteiger partial charge in [-0.15, -0.1) is 0 Å². The van der Waals surface area contributed by atoms with E-state index in [0.717, 1.165) is 0 Å². The van der Waals surface area contributed by atoms with Crippen LogP contribution in [0.4, 0.5) is 14.9 Å². The predicted octanol–water partition coefficient (Wildman–Crippen LogP) is 2.56. The van der Waals surface area contributed by atoms with Gasteiger partial charge in [0.2, 0.25) is 0 Å². The molecule has 0 spiro atoms. The van der Waals surface area contributed by atoms with Gasteiger partial charge in [0.15, 0.2) is 5.82 Å². The molecule has 0 aromatic heterocycles. The summed E-state index contributed by atoms with van der Waals surface area (Å²) in [5.74, 6) is -0.198. The highest BCUT2D eigenvalue weighted by Gasteiger charge is 2.07. The first-order chi connectivity index (χ1) is 7.17. The fraction of sp³-hybridized carbons (Fsp3) is 0.200. The summed E-state index contributed by atoms with van der Waals surface area (Å²) in [7, 11) is 1.43. The Kier molecular flexibility index (Phi) is 3.91. The van der Waals surface area contributed by atoms with Crippen LogP contribution >= 0.6 is 0 Å². The van der Waals surface area contributed by atoms with Gasteiger partial charge in [-0.05, 0) is 19.1 Å². The summed E-state index contributed by atoms with van der Waals surface area (Å²) in [5, 5.41) is 2.24. The van der Waals surface area contributed by atoms with Gasteiger partial charge in [-0.1, -0.05) is 0 Å². The van der Waals surface area contributed by atoms with Crippen molar-refractivity contribution in [1.82, 2.24) is 0 Å². The third-order valence-electron chi connectivity index (χ3n) is 1.64. The summed E-state index contributed by atoms with van der Waals surface area (Å²) in [6.07, 6.45) is -0.735. The van der Waals surface area contributed by atoms with Gasteiger partial charge in [0.25, 0.3) is 0 Å². The predicted molar refractivity (Wildman–Crippen MR) is 53.0 cm³/mol. The molecule has 15 heavy (non-hydrogen) atoms. The van der Waals surface area contributed by atoms with Gasteiger partial charge in [-0.25, -0.2) is 9.18 Å². The molecule has 0 aliphatic rings. The second-order valence-electron chi connectivity index (χ2n) is 2.61. The quantitative estimate of drug-likeness (QED) is 0.837. The van der Waals surface area contributed by atoms with Crippen LogP contribution in [0.25, 0.3) is 0 Å². The Labute approximate surface area is 87.0 Å². The monoisotopic (exact) mass is 212 g/mol. The van der Waals surface area contributed by atoms with Gasteiger partial charge in [0, 0.05) is 6.07 Å². The zero-order valence-electron chi connectivity index (χ0n) is 8.41. The van der Waals surface area contributed by atoms with Gasteiger partial charge in [-0.2, -0.15) is 0 Å². The third kappa shape index (κ3) is 3.12. The minimum Gasteiger partial charge on any atom is -0.497 e. The lowest BCUT2D eigenvalue weighted by atomic mass is 10.3. The molecule has 1 aromatic rings. The second kappa shape index (κ2) is 5.19. The maximum absolute atomic E-state index is 13.3. The standard InChI is InChI=1S/C10H11FNO3/c1-3-15-10(13)12-9-5-4-7(14-2)6-8(9)11/h3-6H,1-2H3,(H,12,13). The molecule has 0 saturated heterocycles. The van der Waals surface area contributed by atoms with Crippen molar-refractivity contribution in [3.8, 4) is 5.75 Å². The molecule has 0 aliphatic heterocycles. The average molecular weight is 212 g/mol. The fourth-order valence-electron chi connectivity index (χ4n) is 0.971. The lowest BCUT2D eigenvalue weighted by molar-refractivity contribution is 0.189. The van der Waals surface area contributed by atoms with E-state index in [1.54, 1.807) is 6.92 Å². The summed E-state index contributed by atoms with van der Waals surface area (Å²) < 4.78 is 22.6. The molecule has 0 atom stereocenters. The largest absolute Gasteiger partial charge is 0.497 e. The zero-order valence-corrected chi connectivity index (χ0v) is 8.41. The van der Waals surface area contributed by atoms with Crippen LogP contribution in [-0.2, 0) is 4.74 Å². The molecular formula is C10H11FNO3. The van der Waals surface area contributed by atoms with Crippen molar-refractivity contribution in [1.29, 1.82) is 0 Å². The molecule has 0 unspecified atom stereocenters. The normalized spacial score (nSPS) is 9.53. The van der Waals surface area contributed by atoms with Crippen molar-refractivity contribution in [3.05, 3.63) is 30.6 Å². The van der Waals surface area contributed by atoms with E-state index < -0.39 is 11.9 Å². The highest BCUT2D eigenvalue weighted by molar-refractivity contribution is 5.85.